The number of ether oxygens (including phenoxy) is 1. The number of carbonyl (C=O) groups is 2. The van der Waals surface area contributed by atoms with Gasteiger partial charge in [0.1, 0.15) is 11.7 Å². The molecule has 3 aromatic rings. The molecule has 0 saturated carbocycles. The van der Waals surface area contributed by atoms with Crippen LogP contribution in [0.3, 0.4) is 0 Å². The maximum Gasteiger partial charge on any atom is 0.421 e. The van der Waals surface area contributed by atoms with E-state index in [1.807, 2.05) is 0 Å². The van der Waals surface area contributed by atoms with Crippen molar-refractivity contribution in [2.75, 3.05) is 5.75 Å². The predicted molar refractivity (Wildman–Crippen MR) is 135 cm³/mol. The second-order valence-corrected chi connectivity index (χ2v) is 11.4. The number of halogens is 7. The molecule has 0 saturated heterocycles. The van der Waals surface area contributed by atoms with E-state index in [1.165, 1.54) is 0 Å². The van der Waals surface area contributed by atoms with Gasteiger partial charge in [-0.05, 0) is 63.0 Å². The Bertz CT molecular complexity index is 1550. The van der Waals surface area contributed by atoms with Crippen LogP contribution in [0, 0.1) is 3.57 Å². The standard InChI is InChI=1S/C25H16F6INO6S/c26-24(27,28)23(25(29,30)31,12-40(36,37)38)33-21(34)18-10-9-13(32)11-19(18)39-22(35)20-16-7-3-1-5-14(16)15-6-2-4-8-17(15)20/h1-11,20H,12H2,(H,33,34)(H,36,37,38)/p-1. The van der Waals surface area contributed by atoms with Crippen LogP contribution in [0.5, 0.6) is 5.75 Å². The Balaban J connectivity index is 1.74. The summed E-state index contributed by atoms with van der Waals surface area (Å²) in [5.41, 5.74) is -3.90. The summed E-state index contributed by atoms with van der Waals surface area (Å²) in [4.78, 5) is 26.3. The molecule has 0 aliphatic heterocycles. The van der Waals surface area contributed by atoms with Gasteiger partial charge >= 0.3 is 18.3 Å². The van der Waals surface area contributed by atoms with E-state index >= 15 is 0 Å². The van der Waals surface area contributed by atoms with E-state index in [1.54, 1.807) is 71.1 Å². The summed E-state index contributed by atoms with van der Waals surface area (Å²) >= 11 is 1.71. The zero-order valence-electron chi connectivity index (χ0n) is 19.6. The Morgan fingerprint density at radius 3 is 1.85 bits per heavy atom. The molecule has 0 atom stereocenters. The highest BCUT2D eigenvalue weighted by molar-refractivity contribution is 14.1. The zero-order chi connectivity index (χ0) is 29.7. The minimum absolute atomic E-state index is 0.296. The van der Waals surface area contributed by atoms with Crippen LogP contribution in [0.4, 0.5) is 26.3 Å². The number of fused-ring (bicyclic) bond motifs is 3. The number of amides is 1. The number of alkyl halides is 6. The summed E-state index contributed by atoms with van der Waals surface area (Å²) in [5.74, 6) is -7.82. The van der Waals surface area contributed by atoms with E-state index in [2.05, 4.69) is 0 Å². The molecule has 0 aromatic heterocycles. The Morgan fingerprint density at radius 2 is 1.38 bits per heavy atom. The average molecular weight is 698 g/mol. The van der Waals surface area contributed by atoms with Gasteiger partial charge in [-0.1, -0.05) is 48.5 Å². The molecule has 3 aromatic carbocycles. The third kappa shape index (κ3) is 5.54. The lowest BCUT2D eigenvalue weighted by Crippen LogP contribution is -2.70. The molecule has 1 N–H and O–H groups in total. The van der Waals surface area contributed by atoms with Crippen LogP contribution in [-0.4, -0.2) is 48.5 Å². The molecule has 40 heavy (non-hydrogen) atoms. The van der Waals surface area contributed by atoms with Crippen molar-refractivity contribution in [3.05, 3.63) is 87.0 Å². The van der Waals surface area contributed by atoms with Crippen LogP contribution in [0.2, 0.25) is 0 Å². The fourth-order valence-corrected chi connectivity index (χ4v) is 5.77. The second kappa shape index (κ2) is 10.3. The molecule has 4 rings (SSSR count). The molecular weight excluding hydrogens is 683 g/mol. The van der Waals surface area contributed by atoms with Gasteiger partial charge in [-0.3, -0.25) is 9.59 Å². The number of nitrogens with one attached hydrogen (secondary N) is 1. The van der Waals surface area contributed by atoms with E-state index in [4.69, 9.17) is 4.74 Å². The fraction of sp³-hybridized carbons (Fsp3) is 0.200. The van der Waals surface area contributed by atoms with Crippen molar-refractivity contribution in [2.45, 2.75) is 23.8 Å². The molecule has 0 spiro atoms. The molecule has 1 amide bonds. The highest BCUT2D eigenvalue weighted by Crippen LogP contribution is 2.46. The van der Waals surface area contributed by atoms with Gasteiger partial charge in [0.2, 0.25) is 5.54 Å². The summed E-state index contributed by atoms with van der Waals surface area (Å²) in [6, 6.07) is 16.6. The molecule has 15 heteroatoms. The number of esters is 1. The smallest absolute Gasteiger partial charge is 0.421 e. The first-order valence-electron chi connectivity index (χ1n) is 11.0. The molecule has 1 aliphatic carbocycles. The lowest BCUT2D eigenvalue weighted by atomic mass is 9.97. The van der Waals surface area contributed by atoms with Gasteiger partial charge in [-0.15, -0.1) is 0 Å². The van der Waals surface area contributed by atoms with E-state index in [0.29, 0.717) is 31.1 Å². The SMILES string of the molecule is O=C(NC(CS(=O)(=O)[O-])(C(F)(F)F)C(F)(F)F)c1ccc(I)cc1OC(=O)C1c2ccccc2-c2ccccc21. The van der Waals surface area contributed by atoms with Crippen molar-refractivity contribution >= 4 is 44.6 Å². The minimum Gasteiger partial charge on any atom is -0.748 e. The van der Waals surface area contributed by atoms with Crippen LogP contribution in [0.1, 0.15) is 27.4 Å². The summed E-state index contributed by atoms with van der Waals surface area (Å²) in [6.07, 6.45) is -12.9. The topological polar surface area (TPSA) is 113 Å². The predicted octanol–water partition coefficient (Wildman–Crippen LogP) is 5.15. The van der Waals surface area contributed by atoms with Gasteiger partial charge in [0.25, 0.3) is 5.91 Å². The Hall–Kier alpha value is -3.18. The van der Waals surface area contributed by atoms with E-state index in [0.717, 1.165) is 18.2 Å². The summed E-state index contributed by atoms with van der Waals surface area (Å²) in [6.45, 7) is 0. The van der Waals surface area contributed by atoms with Crippen LogP contribution in [-0.2, 0) is 14.9 Å². The van der Waals surface area contributed by atoms with Crippen LogP contribution in [0.25, 0.3) is 11.1 Å². The van der Waals surface area contributed by atoms with Gasteiger partial charge < -0.3 is 14.6 Å². The quantitative estimate of drug-likeness (QED) is 0.125. The van der Waals surface area contributed by atoms with Gasteiger partial charge in [0.05, 0.1) is 21.4 Å². The van der Waals surface area contributed by atoms with Crippen LogP contribution in [0.15, 0.2) is 66.7 Å². The van der Waals surface area contributed by atoms with E-state index in [-0.39, 0.29) is 0 Å². The molecule has 1 aliphatic rings. The molecular formula is C25H15F6INO6S-. The third-order valence-corrected chi connectivity index (χ3v) is 7.61. The minimum atomic E-state index is -6.45. The number of rotatable bonds is 6. The molecule has 0 radical (unpaired) electrons. The molecule has 0 fully saturated rings. The Labute approximate surface area is 236 Å². The Morgan fingerprint density at radius 1 is 0.875 bits per heavy atom. The van der Waals surface area contributed by atoms with Crippen molar-refractivity contribution in [1.82, 2.24) is 5.32 Å². The normalized spacial score (nSPS) is 13.9. The number of benzene rings is 3. The lowest BCUT2D eigenvalue weighted by molar-refractivity contribution is -0.296. The molecule has 0 unspecified atom stereocenters. The van der Waals surface area contributed by atoms with Crippen molar-refractivity contribution in [3.63, 3.8) is 0 Å². The summed E-state index contributed by atoms with van der Waals surface area (Å²) in [7, 11) is -6.17. The first kappa shape index (κ1) is 29.8. The zero-order valence-corrected chi connectivity index (χ0v) is 22.6. The van der Waals surface area contributed by atoms with Crippen molar-refractivity contribution in [3.8, 4) is 16.9 Å². The maximum atomic E-state index is 13.7. The third-order valence-electron chi connectivity index (χ3n) is 6.16. The van der Waals surface area contributed by atoms with Crippen molar-refractivity contribution in [2.24, 2.45) is 0 Å². The van der Waals surface area contributed by atoms with Gasteiger partial charge in [0.15, 0.2) is 0 Å². The molecule has 0 bridgehead atoms. The summed E-state index contributed by atoms with van der Waals surface area (Å²) < 4.78 is 121. The maximum absolute atomic E-state index is 13.7. The fourth-order valence-electron chi connectivity index (χ4n) is 4.37. The summed E-state index contributed by atoms with van der Waals surface area (Å²) in [5, 5.41) is 0.655. The second-order valence-electron chi connectivity index (χ2n) is 8.73. The highest BCUT2D eigenvalue weighted by Gasteiger charge is 2.72. The largest absolute Gasteiger partial charge is 0.748 e. The number of hydrogen-bond donors (Lipinski definition) is 1. The van der Waals surface area contributed by atoms with E-state index in [9.17, 15) is 48.9 Å². The molecule has 212 valence electrons. The number of carbonyl (C=O) groups excluding carboxylic acids is 2. The van der Waals surface area contributed by atoms with Gasteiger partial charge in [0, 0.05) is 3.57 Å². The number of hydrogen-bond acceptors (Lipinski definition) is 6. The van der Waals surface area contributed by atoms with Crippen molar-refractivity contribution in [1.29, 1.82) is 0 Å². The first-order valence-corrected chi connectivity index (χ1v) is 13.7. The monoisotopic (exact) mass is 698 g/mol. The van der Waals surface area contributed by atoms with Crippen molar-refractivity contribution < 1.29 is 53.6 Å². The van der Waals surface area contributed by atoms with Gasteiger partial charge in [-0.2, -0.15) is 26.3 Å². The average Bonchev–Trinajstić information content (AvgIpc) is 3.16. The lowest BCUT2D eigenvalue weighted by Gasteiger charge is -2.38. The van der Waals surface area contributed by atoms with Crippen LogP contribution >= 0.6 is 22.6 Å². The Kier molecular flexibility index (Phi) is 7.70. The van der Waals surface area contributed by atoms with E-state index < -0.39 is 62.9 Å². The molecule has 0 heterocycles. The molecule has 7 nitrogen and oxygen atoms in total. The highest BCUT2D eigenvalue weighted by atomic mass is 127. The van der Waals surface area contributed by atoms with Crippen LogP contribution < -0.4 is 10.1 Å². The van der Waals surface area contributed by atoms with Gasteiger partial charge in [-0.25, -0.2) is 8.42 Å². The first-order chi connectivity index (χ1) is 18.5.